The normalized spacial score (nSPS) is 34.0. The van der Waals surface area contributed by atoms with Gasteiger partial charge in [0, 0.05) is 32.0 Å². The van der Waals surface area contributed by atoms with Crippen LogP contribution in [-0.2, 0) is 9.59 Å². The zero-order valence-electron chi connectivity index (χ0n) is 13.3. The zero-order chi connectivity index (χ0) is 15.0. The van der Waals surface area contributed by atoms with Crippen LogP contribution in [0.15, 0.2) is 0 Å². The lowest BCUT2D eigenvalue weighted by Crippen LogP contribution is -2.46. The van der Waals surface area contributed by atoms with Crippen LogP contribution in [0.2, 0.25) is 0 Å². The minimum Gasteiger partial charge on any atom is -0.353 e. The SMILES string of the molecule is CC(=O)N1CCC(C(=O)N[C@@H](C)[C@H]2C[C@H]3CC[C@H]2C3)CC1. The maximum atomic E-state index is 12.4. The first kappa shape index (κ1) is 14.9. The molecule has 1 aliphatic heterocycles. The highest BCUT2D eigenvalue weighted by molar-refractivity contribution is 5.79. The molecule has 4 nitrogen and oxygen atoms in total. The first-order valence-corrected chi connectivity index (χ1v) is 8.60. The quantitative estimate of drug-likeness (QED) is 0.867. The largest absolute Gasteiger partial charge is 0.353 e. The van der Waals surface area contributed by atoms with Crippen LogP contribution in [0.5, 0.6) is 0 Å². The van der Waals surface area contributed by atoms with Gasteiger partial charge in [0.15, 0.2) is 0 Å². The van der Waals surface area contributed by atoms with Crippen molar-refractivity contribution >= 4 is 11.8 Å². The molecule has 2 bridgehead atoms. The summed E-state index contributed by atoms with van der Waals surface area (Å²) < 4.78 is 0. The van der Waals surface area contributed by atoms with E-state index in [0.717, 1.165) is 37.8 Å². The zero-order valence-corrected chi connectivity index (χ0v) is 13.3. The van der Waals surface area contributed by atoms with Crippen molar-refractivity contribution in [3.8, 4) is 0 Å². The van der Waals surface area contributed by atoms with Crippen molar-refractivity contribution in [3.05, 3.63) is 0 Å². The number of nitrogens with zero attached hydrogens (tertiary/aromatic N) is 1. The van der Waals surface area contributed by atoms with Crippen molar-refractivity contribution in [2.75, 3.05) is 13.1 Å². The van der Waals surface area contributed by atoms with Crippen molar-refractivity contribution in [2.24, 2.45) is 23.7 Å². The highest BCUT2D eigenvalue weighted by Crippen LogP contribution is 2.49. The van der Waals surface area contributed by atoms with Crippen molar-refractivity contribution in [1.29, 1.82) is 0 Å². The standard InChI is InChI=1S/C17H28N2O2/c1-11(16-10-13-3-4-15(16)9-13)18-17(21)14-5-7-19(8-6-14)12(2)20/h11,13-16H,3-10H2,1-2H3,(H,18,21)/t11-,13-,15-,16+/m0/s1. The van der Waals surface area contributed by atoms with Gasteiger partial charge in [-0.05, 0) is 56.8 Å². The molecule has 4 atom stereocenters. The Morgan fingerprint density at radius 2 is 1.81 bits per heavy atom. The van der Waals surface area contributed by atoms with Crippen LogP contribution in [0.1, 0.15) is 52.4 Å². The van der Waals surface area contributed by atoms with Gasteiger partial charge in [0.25, 0.3) is 0 Å². The van der Waals surface area contributed by atoms with E-state index in [1.165, 1.54) is 25.7 Å². The molecule has 0 spiro atoms. The number of carbonyl (C=O) groups excluding carboxylic acids is 2. The van der Waals surface area contributed by atoms with Gasteiger partial charge in [0.2, 0.25) is 11.8 Å². The molecule has 0 aromatic rings. The molecular weight excluding hydrogens is 264 g/mol. The molecule has 2 saturated carbocycles. The van der Waals surface area contributed by atoms with Crippen molar-refractivity contribution in [2.45, 2.75) is 58.4 Å². The van der Waals surface area contributed by atoms with E-state index in [1.807, 2.05) is 4.90 Å². The summed E-state index contributed by atoms with van der Waals surface area (Å²) in [5, 5.41) is 3.28. The Morgan fingerprint density at radius 1 is 1.10 bits per heavy atom. The number of piperidine rings is 1. The third-order valence-corrected chi connectivity index (χ3v) is 6.12. The lowest BCUT2D eigenvalue weighted by atomic mass is 9.83. The van der Waals surface area contributed by atoms with Crippen LogP contribution in [0.3, 0.4) is 0 Å². The Labute approximate surface area is 127 Å². The molecule has 3 aliphatic rings. The summed E-state index contributed by atoms with van der Waals surface area (Å²) in [6.07, 6.45) is 7.11. The van der Waals surface area contributed by atoms with Crippen LogP contribution in [0, 0.1) is 23.7 Å². The fourth-order valence-electron chi connectivity index (χ4n) is 4.81. The Morgan fingerprint density at radius 3 is 2.33 bits per heavy atom. The molecule has 1 heterocycles. The van der Waals surface area contributed by atoms with Gasteiger partial charge in [-0.15, -0.1) is 0 Å². The maximum absolute atomic E-state index is 12.4. The molecule has 0 unspecified atom stereocenters. The smallest absolute Gasteiger partial charge is 0.223 e. The number of amides is 2. The molecule has 118 valence electrons. The van der Waals surface area contributed by atoms with Crippen LogP contribution in [-0.4, -0.2) is 35.8 Å². The van der Waals surface area contributed by atoms with Gasteiger partial charge in [-0.25, -0.2) is 0 Å². The maximum Gasteiger partial charge on any atom is 0.223 e. The van der Waals surface area contributed by atoms with E-state index in [0.29, 0.717) is 12.0 Å². The van der Waals surface area contributed by atoms with Crippen molar-refractivity contribution in [1.82, 2.24) is 10.2 Å². The Kier molecular flexibility index (Phi) is 4.23. The average Bonchev–Trinajstić information content (AvgIpc) is 3.10. The molecule has 3 fully saturated rings. The van der Waals surface area contributed by atoms with Crippen LogP contribution in [0.4, 0.5) is 0 Å². The number of hydrogen-bond acceptors (Lipinski definition) is 2. The van der Waals surface area contributed by atoms with E-state index in [9.17, 15) is 9.59 Å². The molecule has 0 aromatic carbocycles. The predicted molar refractivity (Wildman–Crippen MR) is 81.5 cm³/mol. The van der Waals surface area contributed by atoms with Crippen LogP contribution >= 0.6 is 0 Å². The van der Waals surface area contributed by atoms with Crippen molar-refractivity contribution in [3.63, 3.8) is 0 Å². The van der Waals surface area contributed by atoms with Gasteiger partial charge < -0.3 is 10.2 Å². The summed E-state index contributed by atoms with van der Waals surface area (Å²) in [4.78, 5) is 25.6. The minimum absolute atomic E-state index is 0.0987. The summed E-state index contributed by atoms with van der Waals surface area (Å²) in [6, 6.07) is 0.318. The molecule has 2 amide bonds. The highest BCUT2D eigenvalue weighted by Gasteiger charge is 2.42. The lowest BCUT2D eigenvalue weighted by molar-refractivity contribution is -0.134. The van der Waals surface area contributed by atoms with Gasteiger partial charge in [0.05, 0.1) is 0 Å². The predicted octanol–water partition coefficient (Wildman–Crippen LogP) is 2.19. The summed E-state index contributed by atoms with van der Waals surface area (Å²) in [5.41, 5.74) is 0. The lowest BCUT2D eigenvalue weighted by Gasteiger charge is -2.33. The molecule has 0 radical (unpaired) electrons. The van der Waals surface area contributed by atoms with Gasteiger partial charge in [-0.2, -0.15) is 0 Å². The van der Waals surface area contributed by atoms with Gasteiger partial charge in [-0.1, -0.05) is 6.42 Å². The first-order valence-electron chi connectivity index (χ1n) is 8.60. The minimum atomic E-state index is 0.0987. The summed E-state index contributed by atoms with van der Waals surface area (Å²) >= 11 is 0. The summed E-state index contributed by atoms with van der Waals surface area (Å²) in [6.45, 7) is 5.26. The molecule has 3 rings (SSSR count). The van der Waals surface area contributed by atoms with E-state index in [-0.39, 0.29) is 17.7 Å². The van der Waals surface area contributed by atoms with E-state index in [1.54, 1.807) is 6.92 Å². The second kappa shape index (κ2) is 5.98. The van der Waals surface area contributed by atoms with E-state index >= 15 is 0 Å². The molecule has 1 saturated heterocycles. The fourth-order valence-corrected chi connectivity index (χ4v) is 4.81. The fraction of sp³-hybridized carbons (Fsp3) is 0.882. The second-order valence-electron chi connectivity index (χ2n) is 7.42. The number of hydrogen-bond donors (Lipinski definition) is 1. The number of nitrogens with one attached hydrogen (secondary N) is 1. The number of rotatable bonds is 3. The molecule has 4 heteroatoms. The van der Waals surface area contributed by atoms with Crippen LogP contribution < -0.4 is 5.32 Å². The molecule has 0 aromatic heterocycles. The molecular formula is C17H28N2O2. The van der Waals surface area contributed by atoms with Gasteiger partial charge in [0.1, 0.15) is 0 Å². The van der Waals surface area contributed by atoms with Crippen molar-refractivity contribution < 1.29 is 9.59 Å². The number of carbonyl (C=O) groups is 2. The first-order chi connectivity index (χ1) is 10.0. The number of likely N-dealkylation sites (tertiary alicyclic amines) is 1. The third kappa shape index (κ3) is 3.09. The van der Waals surface area contributed by atoms with E-state index < -0.39 is 0 Å². The second-order valence-corrected chi connectivity index (χ2v) is 7.42. The summed E-state index contributed by atoms with van der Waals surface area (Å²) in [7, 11) is 0. The molecule has 21 heavy (non-hydrogen) atoms. The monoisotopic (exact) mass is 292 g/mol. The average molecular weight is 292 g/mol. The topological polar surface area (TPSA) is 49.4 Å². The van der Waals surface area contributed by atoms with Gasteiger partial charge >= 0.3 is 0 Å². The third-order valence-electron chi connectivity index (χ3n) is 6.12. The summed E-state index contributed by atoms with van der Waals surface area (Å²) in [5.74, 6) is 2.92. The van der Waals surface area contributed by atoms with E-state index in [2.05, 4.69) is 12.2 Å². The molecule has 2 aliphatic carbocycles. The Balaban J connectivity index is 1.47. The highest BCUT2D eigenvalue weighted by atomic mass is 16.2. The Bertz CT molecular complexity index is 415. The molecule has 1 N–H and O–H groups in total. The Hall–Kier alpha value is -1.06. The van der Waals surface area contributed by atoms with E-state index in [4.69, 9.17) is 0 Å². The van der Waals surface area contributed by atoms with Gasteiger partial charge in [-0.3, -0.25) is 9.59 Å². The number of fused-ring (bicyclic) bond motifs is 2. The van der Waals surface area contributed by atoms with Crippen LogP contribution in [0.25, 0.3) is 0 Å².